The second kappa shape index (κ2) is 7.27. The van der Waals surface area contributed by atoms with Gasteiger partial charge in [-0.25, -0.2) is 13.3 Å². The van der Waals surface area contributed by atoms with Gasteiger partial charge in [-0.2, -0.15) is 9.19 Å². The van der Waals surface area contributed by atoms with E-state index in [0.717, 1.165) is 78.4 Å². The number of nitrogens with zero attached hydrogens (tertiary/aromatic N) is 5. The number of rotatable bonds is 2. The first-order valence-corrected chi connectivity index (χ1v) is 16.2. The fourth-order valence-corrected chi connectivity index (χ4v) is 10.7. The Bertz CT molecular complexity index is 2460. The molecule has 7 aromatic rings. The molecule has 0 amide bonds. The average molecular weight is 586 g/mol. The van der Waals surface area contributed by atoms with Gasteiger partial charge in [-0.15, -0.1) is 0 Å². The van der Waals surface area contributed by atoms with Crippen molar-refractivity contribution in [1.82, 2.24) is 18.1 Å². The van der Waals surface area contributed by atoms with Gasteiger partial charge in [0.2, 0.25) is 0 Å². The van der Waals surface area contributed by atoms with Crippen molar-refractivity contribution in [2.24, 2.45) is 0 Å². The van der Waals surface area contributed by atoms with Gasteiger partial charge in [0.15, 0.2) is 28.1 Å². The zero-order valence-electron chi connectivity index (χ0n) is 23.9. The fraction of sp³-hybridized carbons (Fsp3) is 0.118. The summed E-state index contributed by atoms with van der Waals surface area (Å²) in [5.41, 5.74) is 6.70. The standard InChI is InChI=1S/C34H22B2N5O2S/c1-33(2)34(35,36-33)32-37-22-18-16-19-15-17-21-28(20-9-4-3-5-10-20)38-41-29(21)27(19)30(22)40(32)44(41)39-23-11-6-7-12-24(23)42-25-13-8-14-26(43-44)31(25)39/h3-18H,1-2H3. The first kappa shape index (κ1) is 23.6. The molecule has 0 N–H and O–H groups in total. The molecule has 2 aromatic heterocycles. The van der Waals surface area contributed by atoms with E-state index in [-0.39, 0.29) is 5.31 Å². The first-order valence-electron chi connectivity index (χ1n) is 14.7. The van der Waals surface area contributed by atoms with Crippen LogP contribution >= 0.6 is 10.9 Å². The Balaban J connectivity index is 1.37. The van der Waals surface area contributed by atoms with E-state index >= 15 is 0 Å². The predicted octanol–water partition coefficient (Wildman–Crippen LogP) is 7.95. The zero-order chi connectivity index (χ0) is 29.2. The molecule has 1 spiro atoms. The Labute approximate surface area is 256 Å². The van der Waals surface area contributed by atoms with Crippen LogP contribution in [-0.2, 0) is 5.21 Å². The lowest BCUT2D eigenvalue weighted by atomic mass is 9.70. The highest BCUT2D eigenvalue weighted by Gasteiger charge is 2.64. The van der Waals surface area contributed by atoms with Crippen LogP contribution in [0.1, 0.15) is 19.7 Å². The van der Waals surface area contributed by atoms with Crippen LogP contribution in [0.3, 0.4) is 0 Å². The maximum Gasteiger partial charge on any atom is 0.195 e. The highest BCUT2D eigenvalue weighted by molar-refractivity contribution is 8.29. The van der Waals surface area contributed by atoms with E-state index in [1.165, 1.54) is 0 Å². The summed E-state index contributed by atoms with van der Waals surface area (Å²) >= 11 is 0. The van der Waals surface area contributed by atoms with E-state index < -0.39 is 16.1 Å². The van der Waals surface area contributed by atoms with Gasteiger partial charge in [0.05, 0.1) is 24.4 Å². The normalized spacial score (nSPS) is 24.3. The lowest BCUT2D eigenvalue weighted by molar-refractivity contribution is 0.478. The minimum atomic E-state index is -2.72. The van der Waals surface area contributed by atoms with E-state index in [2.05, 4.69) is 88.1 Å². The van der Waals surface area contributed by atoms with Crippen molar-refractivity contribution in [3.8, 4) is 28.5 Å². The molecule has 5 aromatic carbocycles. The van der Waals surface area contributed by atoms with Gasteiger partial charge in [0, 0.05) is 16.3 Å². The molecule has 2 atom stereocenters. The number of hydrogen-bond donors (Lipinski definition) is 0. The molecule has 44 heavy (non-hydrogen) atoms. The highest BCUT2D eigenvalue weighted by atomic mass is 32.3. The molecule has 10 heteroatoms. The van der Waals surface area contributed by atoms with Crippen molar-refractivity contribution >= 4 is 70.1 Å². The average Bonchev–Trinajstić information content (AvgIpc) is 3.47. The summed E-state index contributed by atoms with van der Waals surface area (Å²) in [5.74, 6) is 3.02. The molecule has 1 saturated heterocycles. The highest BCUT2D eigenvalue weighted by Crippen LogP contribution is 2.75. The third kappa shape index (κ3) is 2.48. The summed E-state index contributed by atoms with van der Waals surface area (Å²) < 4.78 is 20.7. The van der Waals surface area contributed by atoms with Crippen molar-refractivity contribution in [3.63, 3.8) is 0 Å². The minimum absolute atomic E-state index is 0.251. The molecule has 1 fully saturated rings. The summed E-state index contributed by atoms with van der Waals surface area (Å²) in [4.78, 5) is 5.32. The van der Waals surface area contributed by atoms with Crippen LogP contribution in [0, 0.1) is 0 Å². The maximum absolute atomic E-state index is 7.41. The van der Waals surface area contributed by atoms with Crippen molar-refractivity contribution < 1.29 is 8.92 Å². The van der Waals surface area contributed by atoms with Crippen molar-refractivity contribution in [2.45, 2.75) is 24.4 Å². The Morgan fingerprint density at radius 3 is 2.41 bits per heavy atom. The Kier molecular flexibility index (Phi) is 3.90. The molecule has 0 bridgehead atoms. The lowest BCUT2D eigenvalue weighted by Gasteiger charge is -2.47. The molecular weight excluding hydrogens is 564 g/mol. The smallest absolute Gasteiger partial charge is 0.195 e. The number of benzene rings is 5. The monoisotopic (exact) mass is 586 g/mol. The molecule has 6 heterocycles. The summed E-state index contributed by atoms with van der Waals surface area (Å²) in [7, 11) is 6.74. The van der Waals surface area contributed by atoms with Crippen molar-refractivity contribution in [2.75, 3.05) is 4.31 Å². The van der Waals surface area contributed by atoms with E-state index in [1.54, 1.807) is 0 Å². The van der Waals surface area contributed by atoms with E-state index in [4.69, 9.17) is 26.8 Å². The van der Waals surface area contributed by atoms with E-state index in [9.17, 15) is 0 Å². The van der Waals surface area contributed by atoms with Crippen LogP contribution in [0.2, 0.25) is 5.31 Å². The number of anilines is 2. The van der Waals surface area contributed by atoms with Gasteiger partial charge >= 0.3 is 0 Å². The molecule has 4 aliphatic rings. The summed E-state index contributed by atoms with van der Waals surface area (Å²) in [6.45, 7) is 4.33. The van der Waals surface area contributed by atoms with Crippen LogP contribution in [0.15, 0.2) is 97.1 Å². The summed E-state index contributed by atoms with van der Waals surface area (Å²) in [5, 5.41) is 7.80. The van der Waals surface area contributed by atoms with Gasteiger partial charge < -0.3 is 8.92 Å². The molecule has 7 nitrogen and oxygen atoms in total. The minimum Gasteiger partial charge on any atom is -0.453 e. The number of ether oxygens (including phenoxy) is 1. The van der Waals surface area contributed by atoms with Crippen molar-refractivity contribution in [3.05, 3.63) is 103 Å². The topological polar surface area (TPSA) is 57.3 Å². The number of hydrogen-bond acceptors (Lipinski definition) is 5. The second-order valence-electron chi connectivity index (χ2n) is 12.6. The van der Waals surface area contributed by atoms with Gasteiger partial charge in [0.25, 0.3) is 0 Å². The molecule has 4 aliphatic heterocycles. The first-order chi connectivity index (χ1) is 21.4. The van der Waals surface area contributed by atoms with Crippen LogP contribution < -0.4 is 13.2 Å². The van der Waals surface area contributed by atoms with Gasteiger partial charge in [0.1, 0.15) is 30.2 Å². The van der Waals surface area contributed by atoms with Crippen LogP contribution in [0.4, 0.5) is 11.4 Å². The molecule has 207 valence electrons. The Morgan fingerprint density at radius 2 is 1.57 bits per heavy atom. The number of aromatic nitrogens is 4. The van der Waals surface area contributed by atoms with Gasteiger partial charge in [-0.05, 0) is 47.0 Å². The third-order valence-electron chi connectivity index (χ3n) is 9.73. The van der Waals surface area contributed by atoms with Gasteiger partial charge in [-0.1, -0.05) is 79.8 Å². The third-order valence-corrected chi connectivity index (χ3v) is 12.5. The second-order valence-corrected chi connectivity index (χ2v) is 14.7. The molecule has 3 radical (unpaired) electrons. The quantitative estimate of drug-likeness (QED) is 0.193. The van der Waals surface area contributed by atoms with Gasteiger partial charge in [-0.3, -0.25) is 0 Å². The molecule has 11 rings (SSSR count). The Hall–Kier alpha value is -4.82. The largest absolute Gasteiger partial charge is 0.453 e. The van der Waals surface area contributed by atoms with Crippen LogP contribution in [0.25, 0.3) is 44.0 Å². The Morgan fingerprint density at radius 1 is 0.818 bits per heavy atom. The molecular formula is C34H22B2N5O2S. The molecule has 0 saturated carbocycles. The van der Waals surface area contributed by atoms with E-state index in [0.29, 0.717) is 0 Å². The van der Waals surface area contributed by atoms with Crippen LogP contribution in [-0.4, -0.2) is 33.3 Å². The fourth-order valence-electron chi connectivity index (χ4n) is 7.39. The molecule has 0 aliphatic carbocycles. The molecule has 2 unspecified atom stereocenters. The predicted molar refractivity (Wildman–Crippen MR) is 177 cm³/mol. The number of imidazole rings is 1. The van der Waals surface area contributed by atoms with E-state index in [1.807, 2.05) is 42.5 Å². The lowest BCUT2D eigenvalue weighted by Crippen LogP contribution is -2.38. The number of fused-ring (bicyclic) bond motifs is 5. The van der Waals surface area contributed by atoms with Crippen LogP contribution in [0.5, 0.6) is 17.2 Å². The SMILES string of the molecule is [B]C1(c2nc3ccc4ccc5c(-c6ccccc6)nn6c5c4c3n2S62Oc3cccc4c3N2c2ccccc2O4)[B]C1(C)C. The summed E-state index contributed by atoms with van der Waals surface area (Å²) in [6, 6.07) is 33.2. The number of para-hydroxylation sites is 3. The maximum atomic E-state index is 7.41. The zero-order valence-corrected chi connectivity index (χ0v) is 24.7. The summed E-state index contributed by atoms with van der Waals surface area (Å²) in [6.07, 6.45) is 0. The van der Waals surface area contributed by atoms with Crippen molar-refractivity contribution in [1.29, 1.82) is 0 Å².